The predicted molar refractivity (Wildman–Crippen MR) is 42.6 cm³/mol. The zero-order valence-corrected chi connectivity index (χ0v) is 7.01. The van der Waals surface area contributed by atoms with Crippen LogP contribution in [0.2, 0.25) is 0 Å². The Balaban J connectivity index is 2.78. The van der Waals surface area contributed by atoms with Gasteiger partial charge >= 0.3 is 5.97 Å². The van der Waals surface area contributed by atoms with Crippen LogP contribution in [0.3, 0.4) is 0 Å². The second-order valence-corrected chi connectivity index (χ2v) is 2.76. The number of hydrogen-bond donors (Lipinski definition) is 1. The Kier molecular flexibility index (Phi) is 3.11. The largest absolute Gasteiger partial charge is 0.479 e. The molecule has 14 heavy (non-hydrogen) atoms. The van der Waals surface area contributed by atoms with E-state index in [9.17, 15) is 18.0 Å². The molecular weight excluding hydrogens is 197 g/mol. The molecule has 0 unspecified atom stereocenters. The van der Waals surface area contributed by atoms with Crippen molar-refractivity contribution in [1.29, 1.82) is 0 Å². The first-order valence-electron chi connectivity index (χ1n) is 3.81. The molecule has 5 heteroatoms. The smallest absolute Gasteiger partial charge is 0.338 e. The fraction of sp³-hybridized carbons (Fsp3) is 0.222. The molecule has 0 radical (unpaired) electrons. The van der Waals surface area contributed by atoms with E-state index in [1.807, 2.05) is 0 Å². The van der Waals surface area contributed by atoms with Gasteiger partial charge in [0.1, 0.15) is 0 Å². The Morgan fingerprint density at radius 2 is 2.00 bits per heavy atom. The van der Waals surface area contributed by atoms with Gasteiger partial charge in [-0.1, -0.05) is 6.07 Å². The van der Waals surface area contributed by atoms with Crippen molar-refractivity contribution in [3.05, 3.63) is 35.4 Å². The first-order chi connectivity index (χ1) is 6.50. The van der Waals surface area contributed by atoms with Crippen molar-refractivity contribution in [2.24, 2.45) is 0 Å². The fourth-order valence-corrected chi connectivity index (χ4v) is 0.961. The molecule has 0 saturated carbocycles. The van der Waals surface area contributed by atoms with Crippen LogP contribution in [-0.2, 0) is 11.2 Å². The maximum Gasteiger partial charge on any atom is 0.338 e. The van der Waals surface area contributed by atoms with Crippen LogP contribution in [0.15, 0.2) is 18.2 Å². The number of hydrogen-bond acceptors (Lipinski definition) is 1. The molecule has 0 fully saturated rings. The van der Waals surface area contributed by atoms with Crippen LogP contribution in [0, 0.1) is 11.6 Å². The number of rotatable bonds is 3. The molecule has 0 amide bonds. The fourth-order valence-electron chi connectivity index (χ4n) is 0.961. The Morgan fingerprint density at radius 3 is 2.50 bits per heavy atom. The van der Waals surface area contributed by atoms with Gasteiger partial charge in [0.15, 0.2) is 11.6 Å². The molecule has 1 N–H and O–H groups in total. The van der Waals surface area contributed by atoms with Crippen molar-refractivity contribution in [1.82, 2.24) is 0 Å². The van der Waals surface area contributed by atoms with Crippen LogP contribution in [0.25, 0.3) is 0 Å². The van der Waals surface area contributed by atoms with Crippen molar-refractivity contribution in [3.63, 3.8) is 0 Å². The lowest BCUT2D eigenvalue weighted by Crippen LogP contribution is -2.17. The summed E-state index contributed by atoms with van der Waals surface area (Å²) in [5, 5.41) is 8.22. The summed E-state index contributed by atoms with van der Waals surface area (Å²) in [5.74, 6) is -3.77. The normalized spacial score (nSPS) is 12.5. The standard InChI is InChI=1S/C9H7F3O2/c10-6-2-1-5(3-7(6)11)4-8(12)9(13)14/h1-3,8H,4H2,(H,13,14)/t8-/m0/s1. The van der Waals surface area contributed by atoms with Gasteiger partial charge in [-0.2, -0.15) is 0 Å². The molecule has 1 aromatic carbocycles. The second-order valence-electron chi connectivity index (χ2n) is 2.76. The molecule has 0 aromatic heterocycles. The summed E-state index contributed by atoms with van der Waals surface area (Å²) >= 11 is 0. The van der Waals surface area contributed by atoms with Crippen LogP contribution >= 0.6 is 0 Å². The van der Waals surface area contributed by atoms with Gasteiger partial charge in [0.2, 0.25) is 6.17 Å². The maximum atomic E-state index is 12.6. The molecule has 1 aromatic rings. The number of carbonyl (C=O) groups is 1. The topological polar surface area (TPSA) is 37.3 Å². The zero-order valence-electron chi connectivity index (χ0n) is 7.01. The maximum absolute atomic E-state index is 12.6. The second kappa shape index (κ2) is 4.13. The van der Waals surface area contributed by atoms with Crippen molar-refractivity contribution >= 4 is 5.97 Å². The van der Waals surface area contributed by atoms with E-state index in [1.165, 1.54) is 0 Å². The molecule has 0 spiro atoms. The molecule has 0 aliphatic rings. The van der Waals surface area contributed by atoms with Gasteiger partial charge in [0, 0.05) is 6.42 Å². The molecule has 1 atom stereocenters. The summed E-state index contributed by atoms with van der Waals surface area (Å²) in [4.78, 5) is 10.1. The van der Waals surface area contributed by atoms with Crippen LogP contribution in [0.5, 0.6) is 0 Å². The average Bonchev–Trinajstić information content (AvgIpc) is 2.11. The predicted octanol–water partition coefficient (Wildman–Crippen LogP) is 1.93. The highest BCUT2D eigenvalue weighted by atomic mass is 19.2. The van der Waals surface area contributed by atoms with Crippen molar-refractivity contribution in [3.8, 4) is 0 Å². The lowest BCUT2D eigenvalue weighted by Gasteiger charge is -2.03. The Hall–Kier alpha value is -1.52. The van der Waals surface area contributed by atoms with E-state index in [1.54, 1.807) is 0 Å². The Morgan fingerprint density at radius 1 is 1.36 bits per heavy atom. The average molecular weight is 204 g/mol. The van der Waals surface area contributed by atoms with E-state index < -0.39 is 30.2 Å². The Labute approximate surface area is 78.0 Å². The van der Waals surface area contributed by atoms with Crippen molar-refractivity contribution in [2.75, 3.05) is 0 Å². The van der Waals surface area contributed by atoms with Crippen LogP contribution in [0.1, 0.15) is 5.56 Å². The quantitative estimate of drug-likeness (QED) is 0.816. The number of benzene rings is 1. The molecule has 0 heterocycles. The summed E-state index contributed by atoms with van der Waals surface area (Å²) in [6.07, 6.45) is -2.56. The number of aliphatic carboxylic acids is 1. The third-order valence-corrected chi connectivity index (χ3v) is 1.67. The van der Waals surface area contributed by atoms with Gasteiger partial charge < -0.3 is 5.11 Å². The molecule has 0 saturated heterocycles. The summed E-state index contributed by atoms with van der Waals surface area (Å²) in [6, 6.07) is 2.76. The molecule has 76 valence electrons. The third-order valence-electron chi connectivity index (χ3n) is 1.67. The molecule has 0 aliphatic carbocycles. The highest BCUT2D eigenvalue weighted by molar-refractivity contribution is 5.72. The van der Waals surface area contributed by atoms with E-state index >= 15 is 0 Å². The van der Waals surface area contributed by atoms with E-state index in [0.29, 0.717) is 0 Å². The highest BCUT2D eigenvalue weighted by Crippen LogP contribution is 2.11. The van der Waals surface area contributed by atoms with Crippen molar-refractivity contribution < 1.29 is 23.1 Å². The number of halogens is 3. The molecule has 0 bridgehead atoms. The van der Waals surface area contributed by atoms with E-state index in [2.05, 4.69) is 0 Å². The Bertz CT molecular complexity index is 352. The third kappa shape index (κ3) is 2.48. The molecule has 1 rings (SSSR count). The monoisotopic (exact) mass is 204 g/mol. The van der Waals surface area contributed by atoms with Gasteiger partial charge in [-0.25, -0.2) is 18.0 Å². The molecule has 2 nitrogen and oxygen atoms in total. The zero-order chi connectivity index (χ0) is 10.7. The van der Waals surface area contributed by atoms with Gasteiger partial charge in [-0.05, 0) is 17.7 Å². The minimum atomic E-state index is -2.10. The van der Waals surface area contributed by atoms with Crippen LogP contribution < -0.4 is 0 Å². The van der Waals surface area contributed by atoms with E-state index in [4.69, 9.17) is 5.11 Å². The first-order valence-corrected chi connectivity index (χ1v) is 3.81. The summed E-state index contributed by atoms with van der Waals surface area (Å²) in [7, 11) is 0. The minimum Gasteiger partial charge on any atom is -0.479 e. The molecular formula is C9H7F3O2. The minimum absolute atomic E-state index is 0.110. The molecule has 0 aliphatic heterocycles. The van der Waals surface area contributed by atoms with Gasteiger partial charge in [-0.3, -0.25) is 0 Å². The summed E-state index contributed by atoms with van der Waals surface area (Å²) in [6.45, 7) is 0. The van der Waals surface area contributed by atoms with Crippen LogP contribution in [-0.4, -0.2) is 17.2 Å². The van der Waals surface area contributed by atoms with Crippen molar-refractivity contribution in [2.45, 2.75) is 12.6 Å². The summed E-state index contributed by atoms with van der Waals surface area (Å²) < 4.78 is 37.6. The highest BCUT2D eigenvalue weighted by Gasteiger charge is 2.16. The van der Waals surface area contributed by atoms with Crippen LogP contribution in [0.4, 0.5) is 13.2 Å². The number of carboxylic acids is 1. The number of alkyl halides is 1. The first kappa shape index (κ1) is 10.6. The van der Waals surface area contributed by atoms with E-state index in [0.717, 1.165) is 18.2 Å². The van der Waals surface area contributed by atoms with Gasteiger partial charge in [-0.15, -0.1) is 0 Å². The lowest BCUT2D eigenvalue weighted by molar-refractivity contribution is -0.142. The summed E-state index contributed by atoms with van der Waals surface area (Å²) in [5.41, 5.74) is 0.110. The SMILES string of the molecule is O=C(O)[C@@H](F)Cc1ccc(F)c(F)c1. The van der Waals surface area contributed by atoms with E-state index in [-0.39, 0.29) is 5.56 Å². The lowest BCUT2D eigenvalue weighted by atomic mass is 10.1. The number of carboxylic acid groups (broad SMARTS) is 1. The van der Waals surface area contributed by atoms with Gasteiger partial charge in [0.25, 0.3) is 0 Å². The van der Waals surface area contributed by atoms with Gasteiger partial charge in [0.05, 0.1) is 0 Å².